The highest BCUT2D eigenvalue weighted by Gasteiger charge is 2.43. The van der Waals surface area contributed by atoms with E-state index in [1.807, 2.05) is 0 Å². The maximum absolute atomic E-state index is 13.7. The normalized spacial score (nSPS) is 15.3. The Kier molecular flexibility index (Phi) is 7.75. The summed E-state index contributed by atoms with van der Waals surface area (Å²) in [6.07, 6.45) is -5.76. The van der Waals surface area contributed by atoms with Crippen LogP contribution in [0.5, 0.6) is 0 Å². The molecule has 3 heterocycles. The largest absolute Gasteiger partial charge is 0.446 e. The third-order valence-electron chi connectivity index (χ3n) is 5.82. The molecule has 2 amide bonds. The van der Waals surface area contributed by atoms with Crippen molar-refractivity contribution in [3.05, 3.63) is 77.0 Å². The van der Waals surface area contributed by atoms with Gasteiger partial charge in [-0.25, -0.2) is 19.1 Å². The summed E-state index contributed by atoms with van der Waals surface area (Å²) in [5, 5.41) is 17.9. The van der Waals surface area contributed by atoms with Crippen LogP contribution in [0.15, 0.2) is 48.5 Å². The fraction of sp³-hybridized carbons (Fsp3) is 0.296. The van der Waals surface area contributed by atoms with E-state index in [0.717, 1.165) is 28.0 Å². The standard InChI is InChI=1S/C27H23F4N5O4/c1-16-13-17(27(29,30)31)14-23(32-16)36-21(15-40-25(36)38)24(37)35(20-9-6-18(28)7-10-20)12-4-5-19-8-11-22(34-33-19)26(2,3)39/h6-11,13-14,21,39H,12,15H2,1-3H3/t21-/m0/s1. The number of alkyl halides is 3. The Morgan fingerprint density at radius 3 is 2.45 bits per heavy atom. The van der Waals surface area contributed by atoms with Gasteiger partial charge < -0.3 is 9.84 Å². The molecular formula is C27H23F4N5O4. The summed E-state index contributed by atoms with van der Waals surface area (Å²) in [5.41, 5.74) is -1.48. The predicted molar refractivity (Wildman–Crippen MR) is 134 cm³/mol. The van der Waals surface area contributed by atoms with Crippen LogP contribution in [0.25, 0.3) is 0 Å². The first kappa shape index (κ1) is 28.4. The summed E-state index contributed by atoms with van der Waals surface area (Å²) in [7, 11) is 0. The molecule has 0 aliphatic carbocycles. The van der Waals surface area contributed by atoms with Crippen molar-refractivity contribution in [1.82, 2.24) is 15.2 Å². The fourth-order valence-electron chi connectivity index (χ4n) is 3.83. The van der Waals surface area contributed by atoms with Gasteiger partial charge in [-0.05, 0) is 75.2 Å². The van der Waals surface area contributed by atoms with E-state index in [9.17, 15) is 32.3 Å². The van der Waals surface area contributed by atoms with Gasteiger partial charge in [-0.15, -0.1) is 5.10 Å². The Morgan fingerprint density at radius 1 is 1.15 bits per heavy atom. The maximum Gasteiger partial charge on any atom is 0.416 e. The Morgan fingerprint density at radius 2 is 1.85 bits per heavy atom. The maximum atomic E-state index is 13.7. The van der Waals surface area contributed by atoms with Gasteiger partial charge in [0.05, 0.1) is 17.8 Å². The number of aryl methyl sites for hydroxylation is 1. The second-order valence-corrected chi connectivity index (χ2v) is 9.38. The second-order valence-electron chi connectivity index (χ2n) is 9.38. The molecule has 1 fully saturated rings. The number of aliphatic hydroxyl groups is 1. The number of aromatic nitrogens is 3. The van der Waals surface area contributed by atoms with Crippen LogP contribution in [0.4, 0.5) is 33.9 Å². The number of benzene rings is 1. The molecule has 0 unspecified atom stereocenters. The highest BCUT2D eigenvalue weighted by molar-refractivity contribution is 6.06. The van der Waals surface area contributed by atoms with Gasteiger partial charge in [-0.3, -0.25) is 9.69 Å². The number of nitrogens with zero attached hydrogens (tertiary/aromatic N) is 5. The van der Waals surface area contributed by atoms with Crippen LogP contribution in [0.3, 0.4) is 0 Å². The van der Waals surface area contributed by atoms with Crippen molar-refractivity contribution >= 4 is 23.5 Å². The van der Waals surface area contributed by atoms with Crippen molar-refractivity contribution in [2.75, 3.05) is 23.0 Å². The first-order chi connectivity index (χ1) is 18.7. The number of hydrogen-bond donors (Lipinski definition) is 1. The topological polar surface area (TPSA) is 109 Å². The molecule has 0 spiro atoms. The van der Waals surface area contributed by atoms with E-state index in [1.54, 1.807) is 19.9 Å². The van der Waals surface area contributed by atoms with Gasteiger partial charge in [-0.2, -0.15) is 18.3 Å². The minimum Gasteiger partial charge on any atom is -0.446 e. The summed E-state index contributed by atoms with van der Waals surface area (Å²) >= 11 is 0. The lowest BCUT2D eigenvalue weighted by molar-refractivity contribution is -0.137. The molecule has 1 aliphatic rings. The summed E-state index contributed by atoms with van der Waals surface area (Å²) in [5.74, 6) is 3.80. The van der Waals surface area contributed by atoms with Crippen LogP contribution in [0.2, 0.25) is 0 Å². The van der Waals surface area contributed by atoms with Crippen molar-refractivity contribution in [2.24, 2.45) is 0 Å². The van der Waals surface area contributed by atoms with Crippen LogP contribution in [0.1, 0.15) is 36.5 Å². The van der Waals surface area contributed by atoms with Crippen LogP contribution in [0, 0.1) is 24.6 Å². The van der Waals surface area contributed by atoms with E-state index >= 15 is 0 Å². The van der Waals surface area contributed by atoms with E-state index < -0.39 is 53.6 Å². The predicted octanol–water partition coefficient (Wildman–Crippen LogP) is 3.98. The third-order valence-corrected chi connectivity index (χ3v) is 5.82. The van der Waals surface area contributed by atoms with Gasteiger partial charge in [0.2, 0.25) is 0 Å². The Balaban J connectivity index is 1.66. The Bertz CT molecular complexity index is 1480. The number of amides is 2. The summed E-state index contributed by atoms with van der Waals surface area (Å²) in [4.78, 5) is 32.2. The fourth-order valence-corrected chi connectivity index (χ4v) is 3.83. The molecule has 1 N–H and O–H groups in total. The quantitative estimate of drug-likeness (QED) is 0.374. The van der Waals surface area contributed by atoms with Crippen molar-refractivity contribution in [2.45, 2.75) is 38.6 Å². The number of hydrogen-bond acceptors (Lipinski definition) is 7. The second kappa shape index (κ2) is 10.9. The Hall–Kier alpha value is -4.57. The van der Waals surface area contributed by atoms with E-state index in [-0.39, 0.29) is 23.6 Å². The molecule has 40 heavy (non-hydrogen) atoms. The molecule has 0 bridgehead atoms. The highest BCUT2D eigenvalue weighted by Crippen LogP contribution is 2.33. The molecule has 208 valence electrons. The molecular weight excluding hydrogens is 534 g/mol. The van der Waals surface area contributed by atoms with Gasteiger partial charge in [0.15, 0.2) is 6.04 Å². The minimum atomic E-state index is -4.71. The molecule has 0 radical (unpaired) electrons. The summed E-state index contributed by atoms with van der Waals surface area (Å²) < 4.78 is 58.9. The van der Waals surface area contributed by atoms with Crippen molar-refractivity contribution in [3.63, 3.8) is 0 Å². The summed E-state index contributed by atoms with van der Waals surface area (Å²) in [6.45, 7) is 3.71. The lowest BCUT2D eigenvalue weighted by Crippen LogP contribution is -2.48. The third kappa shape index (κ3) is 6.35. The molecule has 0 saturated carbocycles. The average molecular weight is 558 g/mol. The number of pyridine rings is 1. The highest BCUT2D eigenvalue weighted by atomic mass is 19.4. The first-order valence-corrected chi connectivity index (χ1v) is 11.9. The first-order valence-electron chi connectivity index (χ1n) is 11.9. The van der Waals surface area contributed by atoms with E-state index in [1.165, 1.54) is 25.1 Å². The van der Waals surface area contributed by atoms with Gasteiger partial charge in [0.1, 0.15) is 29.5 Å². The van der Waals surface area contributed by atoms with Crippen LogP contribution in [-0.2, 0) is 21.3 Å². The smallest absolute Gasteiger partial charge is 0.416 e. The zero-order chi connectivity index (χ0) is 29.2. The number of ether oxygens (including phenoxy) is 1. The van der Waals surface area contributed by atoms with Gasteiger partial charge in [-0.1, -0.05) is 5.92 Å². The van der Waals surface area contributed by atoms with Crippen molar-refractivity contribution in [3.8, 4) is 11.8 Å². The molecule has 3 aromatic rings. The lowest BCUT2D eigenvalue weighted by Gasteiger charge is -2.27. The number of carbonyl (C=O) groups is 2. The van der Waals surface area contributed by atoms with Crippen LogP contribution in [-0.4, -0.2) is 51.5 Å². The molecule has 4 rings (SSSR count). The number of halogens is 4. The van der Waals surface area contributed by atoms with Gasteiger partial charge >= 0.3 is 12.3 Å². The van der Waals surface area contributed by atoms with Crippen LogP contribution >= 0.6 is 0 Å². The number of carbonyl (C=O) groups excluding carboxylic acids is 2. The molecule has 2 aromatic heterocycles. The Labute approximate surface area is 226 Å². The molecule has 1 saturated heterocycles. The molecule has 1 aliphatic heterocycles. The monoisotopic (exact) mass is 557 g/mol. The zero-order valence-corrected chi connectivity index (χ0v) is 21.5. The van der Waals surface area contributed by atoms with E-state index in [4.69, 9.17) is 4.74 Å². The average Bonchev–Trinajstić information content (AvgIpc) is 3.27. The van der Waals surface area contributed by atoms with E-state index in [2.05, 4.69) is 27.0 Å². The van der Waals surface area contributed by atoms with E-state index in [0.29, 0.717) is 11.8 Å². The molecule has 1 atom stereocenters. The van der Waals surface area contributed by atoms with Gasteiger partial charge in [0, 0.05) is 11.4 Å². The molecule has 13 heteroatoms. The van der Waals surface area contributed by atoms with Crippen LogP contribution < -0.4 is 9.80 Å². The van der Waals surface area contributed by atoms with Gasteiger partial charge in [0.25, 0.3) is 5.91 Å². The zero-order valence-electron chi connectivity index (χ0n) is 21.5. The minimum absolute atomic E-state index is 0.0197. The number of cyclic esters (lactones) is 1. The molecule has 9 nitrogen and oxygen atoms in total. The summed E-state index contributed by atoms with van der Waals surface area (Å²) in [6, 6.07) is 8.07. The SMILES string of the molecule is Cc1cc(C(F)(F)F)cc(N2C(=O)OC[C@H]2C(=O)N(CC#Cc2ccc(C(C)(C)O)nn2)c2ccc(F)cc2)n1. The van der Waals surface area contributed by atoms with Crippen molar-refractivity contribution < 1.29 is 37.0 Å². The molecule has 1 aromatic carbocycles. The number of anilines is 2. The lowest BCUT2D eigenvalue weighted by atomic mass is 10.1. The van der Waals surface area contributed by atoms with Crippen molar-refractivity contribution in [1.29, 1.82) is 0 Å². The number of rotatable bonds is 5.